The molecule has 1 aromatic carbocycles. The van der Waals surface area contributed by atoms with Gasteiger partial charge in [-0.1, -0.05) is 13.0 Å². The summed E-state index contributed by atoms with van der Waals surface area (Å²) in [7, 11) is 1.67. The summed E-state index contributed by atoms with van der Waals surface area (Å²) in [4.78, 5) is 14.5. The average molecular weight is 386 g/mol. The maximum Gasteiger partial charge on any atom is 0.231 e. The van der Waals surface area contributed by atoms with Crippen molar-refractivity contribution in [1.29, 1.82) is 0 Å². The molecule has 0 unspecified atom stereocenters. The van der Waals surface area contributed by atoms with Crippen molar-refractivity contribution in [1.82, 2.24) is 19.7 Å². The molecule has 1 atom stereocenters. The summed E-state index contributed by atoms with van der Waals surface area (Å²) in [6.45, 7) is 4.95. The highest BCUT2D eigenvalue weighted by atomic mass is 16.7. The van der Waals surface area contributed by atoms with Crippen molar-refractivity contribution in [3.63, 3.8) is 0 Å². The number of nitrogens with zero attached hydrogens (tertiary/aromatic N) is 4. The average Bonchev–Trinajstić information content (AvgIpc) is 3.32. The zero-order valence-corrected chi connectivity index (χ0v) is 16.4. The number of hydrogen-bond acceptors (Lipinski definition) is 6. The van der Waals surface area contributed by atoms with Gasteiger partial charge in [0.1, 0.15) is 6.33 Å². The quantitative estimate of drug-likeness (QED) is 0.724. The highest BCUT2D eigenvalue weighted by Gasteiger charge is 2.36. The van der Waals surface area contributed by atoms with E-state index < -0.39 is 0 Å². The largest absolute Gasteiger partial charge is 0.454 e. The second-order valence-electron chi connectivity index (χ2n) is 7.86. The van der Waals surface area contributed by atoms with Gasteiger partial charge in [-0.3, -0.25) is 4.79 Å². The summed E-state index contributed by atoms with van der Waals surface area (Å²) in [6, 6.07) is 6.10. The number of rotatable bonds is 7. The van der Waals surface area contributed by atoms with Crippen LogP contribution in [0.1, 0.15) is 31.2 Å². The third-order valence-electron chi connectivity index (χ3n) is 5.50. The van der Waals surface area contributed by atoms with Crippen molar-refractivity contribution in [2.24, 2.45) is 5.41 Å². The number of benzene rings is 1. The third-order valence-corrected chi connectivity index (χ3v) is 5.50. The molecule has 0 aliphatic carbocycles. The predicted molar refractivity (Wildman–Crippen MR) is 101 cm³/mol. The maximum atomic E-state index is 12.5. The molecule has 2 aromatic rings. The van der Waals surface area contributed by atoms with Gasteiger partial charge in [-0.15, -0.1) is 10.2 Å². The van der Waals surface area contributed by atoms with Crippen LogP contribution in [0, 0.1) is 5.41 Å². The second kappa shape index (κ2) is 7.79. The Balaban J connectivity index is 1.45. The minimum atomic E-state index is -0.00100. The number of piperidine rings is 1. The smallest absolute Gasteiger partial charge is 0.231 e. The van der Waals surface area contributed by atoms with Crippen molar-refractivity contribution in [2.45, 2.75) is 39.3 Å². The molecule has 8 heteroatoms. The first-order chi connectivity index (χ1) is 13.6. The van der Waals surface area contributed by atoms with Crippen LogP contribution in [0.2, 0.25) is 0 Å². The van der Waals surface area contributed by atoms with E-state index in [-0.39, 0.29) is 18.1 Å². The molecule has 150 valence electrons. The number of amides is 1. The van der Waals surface area contributed by atoms with E-state index in [1.165, 1.54) is 5.56 Å². The summed E-state index contributed by atoms with van der Waals surface area (Å²) in [6.07, 6.45) is 3.98. The lowest BCUT2D eigenvalue weighted by atomic mass is 9.76. The zero-order chi connectivity index (χ0) is 19.6. The fourth-order valence-electron chi connectivity index (χ4n) is 3.98. The second-order valence-corrected chi connectivity index (χ2v) is 7.86. The number of carbonyl (C=O) groups is 1. The van der Waals surface area contributed by atoms with E-state index in [9.17, 15) is 4.79 Å². The van der Waals surface area contributed by atoms with Crippen LogP contribution in [0.4, 0.5) is 0 Å². The van der Waals surface area contributed by atoms with Crippen LogP contribution >= 0.6 is 0 Å². The molecule has 1 aromatic heterocycles. The summed E-state index contributed by atoms with van der Waals surface area (Å²) in [5, 5.41) is 8.20. The monoisotopic (exact) mass is 386 g/mol. The van der Waals surface area contributed by atoms with E-state index in [4.69, 9.17) is 14.2 Å². The Morgan fingerprint density at radius 1 is 1.29 bits per heavy atom. The van der Waals surface area contributed by atoms with Crippen LogP contribution in [-0.4, -0.2) is 52.6 Å². The van der Waals surface area contributed by atoms with Crippen LogP contribution in [0.5, 0.6) is 11.5 Å². The van der Waals surface area contributed by atoms with Gasteiger partial charge in [0.2, 0.25) is 12.7 Å². The minimum absolute atomic E-state index is 0.00100. The van der Waals surface area contributed by atoms with Crippen LogP contribution in [-0.2, 0) is 29.0 Å². The van der Waals surface area contributed by atoms with Crippen LogP contribution in [0.25, 0.3) is 0 Å². The molecule has 0 spiro atoms. The molecule has 0 bridgehead atoms. The maximum absolute atomic E-state index is 12.5. The highest BCUT2D eigenvalue weighted by Crippen LogP contribution is 2.38. The van der Waals surface area contributed by atoms with Crippen molar-refractivity contribution in [3.05, 3.63) is 35.9 Å². The van der Waals surface area contributed by atoms with Gasteiger partial charge in [0.05, 0.1) is 13.2 Å². The Bertz CT molecular complexity index is 852. The SMILES string of the molecule is COCCn1cnnc1CN1C[C@@](C)(Cc2ccc3c(c2)OCO3)CCC1=O. The first-order valence-electron chi connectivity index (χ1n) is 9.58. The number of ether oxygens (including phenoxy) is 3. The lowest BCUT2D eigenvalue weighted by Gasteiger charge is -2.40. The van der Waals surface area contributed by atoms with Gasteiger partial charge in [-0.2, -0.15) is 0 Å². The predicted octanol–water partition coefficient (Wildman–Crippen LogP) is 2.02. The van der Waals surface area contributed by atoms with Gasteiger partial charge < -0.3 is 23.7 Å². The summed E-state index contributed by atoms with van der Waals surface area (Å²) in [5.74, 6) is 2.56. The molecule has 1 saturated heterocycles. The first kappa shape index (κ1) is 18.7. The molecule has 1 fully saturated rings. The van der Waals surface area contributed by atoms with Gasteiger partial charge in [0.15, 0.2) is 17.3 Å². The summed E-state index contributed by atoms with van der Waals surface area (Å²) < 4.78 is 18.0. The van der Waals surface area contributed by atoms with E-state index in [0.29, 0.717) is 32.7 Å². The third kappa shape index (κ3) is 3.96. The van der Waals surface area contributed by atoms with Crippen molar-refractivity contribution >= 4 is 5.91 Å². The van der Waals surface area contributed by atoms with Gasteiger partial charge in [0, 0.05) is 26.6 Å². The molecule has 2 aliphatic heterocycles. The Morgan fingerprint density at radius 2 is 2.14 bits per heavy atom. The Morgan fingerprint density at radius 3 is 3.00 bits per heavy atom. The van der Waals surface area contributed by atoms with E-state index in [1.54, 1.807) is 13.4 Å². The van der Waals surface area contributed by atoms with Gasteiger partial charge in [-0.25, -0.2) is 0 Å². The Kier molecular flexibility index (Phi) is 5.21. The molecule has 1 amide bonds. The molecule has 4 rings (SSSR count). The molecule has 8 nitrogen and oxygen atoms in total. The van der Waals surface area contributed by atoms with Crippen LogP contribution in [0.3, 0.4) is 0 Å². The fraction of sp³-hybridized carbons (Fsp3) is 0.550. The first-order valence-corrected chi connectivity index (χ1v) is 9.58. The van der Waals surface area contributed by atoms with Crippen molar-refractivity contribution < 1.29 is 19.0 Å². The lowest BCUT2D eigenvalue weighted by Crippen LogP contribution is -2.46. The number of likely N-dealkylation sites (tertiary alicyclic amines) is 1. The molecular weight excluding hydrogens is 360 g/mol. The molecule has 28 heavy (non-hydrogen) atoms. The minimum Gasteiger partial charge on any atom is -0.454 e. The number of aromatic nitrogens is 3. The van der Waals surface area contributed by atoms with Crippen molar-refractivity contribution in [3.8, 4) is 11.5 Å². The standard InChI is InChI=1S/C20H26N4O4/c1-20(10-15-3-4-16-17(9-15)28-14-27-16)6-5-19(25)24(12-20)11-18-22-21-13-23(18)7-8-26-2/h3-4,9,13H,5-8,10-12,14H2,1-2H3/t20-/m1/s1. The molecule has 0 N–H and O–H groups in total. The molecule has 0 saturated carbocycles. The zero-order valence-electron chi connectivity index (χ0n) is 16.4. The van der Waals surface area contributed by atoms with Crippen molar-refractivity contribution in [2.75, 3.05) is 27.1 Å². The number of hydrogen-bond donors (Lipinski definition) is 0. The number of carbonyl (C=O) groups excluding carboxylic acids is 1. The van der Waals surface area contributed by atoms with E-state index >= 15 is 0 Å². The van der Waals surface area contributed by atoms with E-state index in [2.05, 4.69) is 29.3 Å². The lowest BCUT2D eigenvalue weighted by molar-refractivity contribution is -0.138. The van der Waals surface area contributed by atoms with Gasteiger partial charge in [-0.05, 0) is 36.0 Å². The highest BCUT2D eigenvalue weighted by molar-refractivity contribution is 5.77. The molecule has 0 radical (unpaired) electrons. The number of methoxy groups -OCH3 is 1. The van der Waals surface area contributed by atoms with Gasteiger partial charge in [0.25, 0.3) is 0 Å². The summed E-state index contributed by atoms with van der Waals surface area (Å²) in [5.41, 5.74) is 1.20. The van der Waals surface area contributed by atoms with Gasteiger partial charge >= 0.3 is 0 Å². The van der Waals surface area contributed by atoms with E-state index in [1.807, 2.05) is 15.5 Å². The molecule has 2 aliphatic rings. The Labute approximate surface area is 164 Å². The normalized spacial score (nSPS) is 21.4. The van der Waals surface area contributed by atoms with E-state index in [0.717, 1.165) is 30.2 Å². The molecular formula is C20H26N4O4. The fourth-order valence-corrected chi connectivity index (χ4v) is 3.98. The summed E-state index contributed by atoms with van der Waals surface area (Å²) >= 11 is 0. The topological polar surface area (TPSA) is 78.7 Å². The van der Waals surface area contributed by atoms with Crippen LogP contribution < -0.4 is 9.47 Å². The Hall–Kier alpha value is -2.61. The number of fused-ring (bicyclic) bond motifs is 1. The van der Waals surface area contributed by atoms with Crippen LogP contribution in [0.15, 0.2) is 24.5 Å². The molecule has 3 heterocycles.